The molecule has 0 aliphatic rings. The second-order valence-electron chi connectivity index (χ2n) is 6.53. The fraction of sp³-hybridized carbons (Fsp3) is 0.0833. The van der Waals surface area contributed by atoms with Crippen molar-refractivity contribution in [3.05, 3.63) is 99.6 Å². The summed E-state index contributed by atoms with van der Waals surface area (Å²) in [6, 6.07) is 16.7. The van der Waals surface area contributed by atoms with Crippen LogP contribution in [0.4, 0.5) is 5.69 Å². The van der Waals surface area contributed by atoms with Crippen molar-refractivity contribution in [3.8, 4) is 17.2 Å². The SMILES string of the molecule is COc1ccc(C(=O)C=Cc2cccc(OC(=O)c3cccc([N+](=O)[O-])c3)c2)c(OC)c1. The van der Waals surface area contributed by atoms with E-state index in [9.17, 15) is 19.7 Å². The zero-order valence-electron chi connectivity index (χ0n) is 17.3. The molecular weight excluding hydrogens is 414 g/mol. The molecule has 32 heavy (non-hydrogen) atoms. The van der Waals surface area contributed by atoms with E-state index in [1.807, 2.05) is 0 Å². The number of nitro benzene ring substituents is 1. The Morgan fingerprint density at radius 3 is 2.41 bits per heavy atom. The summed E-state index contributed by atoms with van der Waals surface area (Å²) < 4.78 is 15.7. The van der Waals surface area contributed by atoms with Crippen molar-refractivity contribution in [2.24, 2.45) is 0 Å². The van der Waals surface area contributed by atoms with E-state index >= 15 is 0 Å². The Morgan fingerprint density at radius 1 is 0.906 bits per heavy atom. The molecule has 0 saturated heterocycles. The van der Waals surface area contributed by atoms with E-state index in [2.05, 4.69) is 0 Å². The molecule has 0 unspecified atom stereocenters. The first-order valence-corrected chi connectivity index (χ1v) is 9.42. The molecule has 0 fully saturated rings. The molecule has 0 spiro atoms. The highest BCUT2D eigenvalue weighted by atomic mass is 16.6. The molecule has 3 aromatic carbocycles. The summed E-state index contributed by atoms with van der Waals surface area (Å²) in [7, 11) is 2.99. The third-order valence-corrected chi connectivity index (χ3v) is 4.46. The van der Waals surface area contributed by atoms with Gasteiger partial charge in [-0.3, -0.25) is 14.9 Å². The van der Waals surface area contributed by atoms with Crippen LogP contribution in [0.15, 0.2) is 72.8 Å². The lowest BCUT2D eigenvalue weighted by molar-refractivity contribution is -0.384. The van der Waals surface area contributed by atoms with E-state index in [1.54, 1.807) is 48.5 Å². The van der Waals surface area contributed by atoms with E-state index in [1.165, 1.54) is 38.5 Å². The van der Waals surface area contributed by atoms with Gasteiger partial charge in [-0.1, -0.05) is 24.3 Å². The second kappa shape index (κ2) is 10.0. The van der Waals surface area contributed by atoms with E-state index < -0.39 is 10.9 Å². The zero-order chi connectivity index (χ0) is 23.1. The van der Waals surface area contributed by atoms with Gasteiger partial charge in [0, 0.05) is 18.2 Å². The van der Waals surface area contributed by atoms with E-state index in [-0.39, 0.29) is 22.8 Å². The van der Waals surface area contributed by atoms with Crippen LogP contribution in [0.3, 0.4) is 0 Å². The summed E-state index contributed by atoms with van der Waals surface area (Å²) in [6.07, 6.45) is 2.96. The van der Waals surface area contributed by atoms with E-state index in [0.29, 0.717) is 22.6 Å². The van der Waals surface area contributed by atoms with Crippen LogP contribution in [0.25, 0.3) is 6.08 Å². The molecule has 162 valence electrons. The number of benzene rings is 3. The Kier molecular flexibility index (Phi) is 6.97. The fourth-order valence-corrected chi connectivity index (χ4v) is 2.86. The Morgan fingerprint density at radius 2 is 1.69 bits per heavy atom. The third-order valence-electron chi connectivity index (χ3n) is 4.46. The quantitative estimate of drug-likeness (QED) is 0.126. The predicted octanol–water partition coefficient (Wildman–Crippen LogP) is 4.73. The lowest BCUT2D eigenvalue weighted by Gasteiger charge is -2.08. The van der Waals surface area contributed by atoms with Gasteiger partial charge in [-0.15, -0.1) is 0 Å². The summed E-state index contributed by atoms with van der Waals surface area (Å²) >= 11 is 0. The van der Waals surface area contributed by atoms with Gasteiger partial charge in [0.2, 0.25) is 0 Å². The maximum atomic E-state index is 12.6. The van der Waals surface area contributed by atoms with Gasteiger partial charge in [0.1, 0.15) is 17.2 Å². The van der Waals surface area contributed by atoms with Crippen molar-refractivity contribution >= 4 is 23.5 Å². The van der Waals surface area contributed by atoms with Crippen molar-refractivity contribution in [1.29, 1.82) is 0 Å². The molecule has 0 bridgehead atoms. The molecule has 0 aromatic heterocycles. The first kappa shape index (κ1) is 22.2. The monoisotopic (exact) mass is 433 g/mol. The molecule has 3 aromatic rings. The minimum Gasteiger partial charge on any atom is -0.497 e. The van der Waals surface area contributed by atoms with Crippen LogP contribution in [-0.4, -0.2) is 30.9 Å². The summed E-state index contributed by atoms with van der Waals surface area (Å²) in [5.41, 5.74) is 0.846. The zero-order valence-corrected chi connectivity index (χ0v) is 17.3. The number of rotatable bonds is 8. The van der Waals surface area contributed by atoms with Crippen molar-refractivity contribution in [2.45, 2.75) is 0 Å². The van der Waals surface area contributed by atoms with E-state index in [0.717, 1.165) is 6.07 Å². The van der Waals surface area contributed by atoms with Crippen molar-refractivity contribution in [1.82, 2.24) is 0 Å². The normalized spacial score (nSPS) is 10.6. The fourth-order valence-electron chi connectivity index (χ4n) is 2.86. The molecule has 0 aliphatic heterocycles. The number of carbonyl (C=O) groups excluding carboxylic acids is 2. The molecule has 8 nitrogen and oxygen atoms in total. The second-order valence-corrected chi connectivity index (χ2v) is 6.53. The highest BCUT2D eigenvalue weighted by Crippen LogP contribution is 2.25. The number of hydrogen-bond donors (Lipinski definition) is 0. The Balaban J connectivity index is 1.74. The molecule has 0 aliphatic carbocycles. The number of esters is 1. The molecule has 8 heteroatoms. The minimum atomic E-state index is -0.728. The van der Waals surface area contributed by atoms with Gasteiger partial charge in [-0.25, -0.2) is 4.79 Å². The summed E-state index contributed by atoms with van der Waals surface area (Å²) in [4.78, 5) is 35.2. The molecule has 0 saturated carbocycles. The lowest BCUT2D eigenvalue weighted by Crippen LogP contribution is -2.08. The number of nitro groups is 1. The van der Waals surface area contributed by atoms with Crippen LogP contribution in [-0.2, 0) is 0 Å². The Labute approximate surface area is 183 Å². The van der Waals surface area contributed by atoms with Gasteiger partial charge in [-0.2, -0.15) is 0 Å². The molecular formula is C24H19NO7. The van der Waals surface area contributed by atoms with Gasteiger partial charge in [0.05, 0.1) is 30.3 Å². The summed E-state index contributed by atoms with van der Waals surface area (Å²) in [5, 5.41) is 10.9. The maximum Gasteiger partial charge on any atom is 0.343 e. The molecule has 3 rings (SSSR count). The lowest BCUT2D eigenvalue weighted by atomic mass is 10.1. The van der Waals surface area contributed by atoms with Gasteiger partial charge in [0.25, 0.3) is 5.69 Å². The number of nitrogens with zero attached hydrogens (tertiary/aromatic N) is 1. The highest BCUT2D eigenvalue weighted by molar-refractivity contribution is 6.08. The van der Waals surface area contributed by atoms with Crippen LogP contribution >= 0.6 is 0 Å². The predicted molar refractivity (Wildman–Crippen MR) is 117 cm³/mol. The standard InChI is InChI=1S/C24H19NO7/c1-30-19-10-11-21(23(15-19)31-2)22(26)12-9-16-5-3-8-20(13-16)32-24(27)17-6-4-7-18(14-17)25(28)29/h3-15H,1-2H3. The van der Waals surface area contributed by atoms with Gasteiger partial charge >= 0.3 is 5.97 Å². The number of hydrogen-bond acceptors (Lipinski definition) is 7. The van der Waals surface area contributed by atoms with Crippen molar-refractivity contribution in [3.63, 3.8) is 0 Å². The average molecular weight is 433 g/mol. The Bertz CT molecular complexity index is 1200. The number of allylic oxidation sites excluding steroid dienone is 1. The molecule has 0 radical (unpaired) electrons. The first-order valence-electron chi connectivity index (χ1n) is 9.42. The third kappa shape index (κ3) is 5.37. The van der Waals surface area contributed by atoms with E-state index in [4.69, 9.17) is 14.2 Å². The maximum absolute atomic E-state index is 12.6. The molecule has 0 N–H and O–H groups in total. The van der Waals surface area contributed by atoms with Crippen molar-refractivity contribution < 1.29 is 28.7 Å². The van der Waals surface area contributed by atoms with Crippen molar-refractivity contribution in [2.75, 3.05) is 14.2 Å². The molecule has 0 atom stereocenters. The number of non-ortho nitro benzene ring substituents is 1. The topological polar surface area (TPSA) is 105 Å². The van der Waals surface area contributed by atoms with Crippen LogP contribution in [0.1, 0.15) is 26.3 Å². The minimum absolute atomic E-state index is 0.0573. The van der Waals surface area contributed by atoms with Crippen LogP contribution in [0, 0.1) is 10.1 Å². The van der Waals surface area contributed by atoms with Gasteiger partial charge in [0.15, 0.2) is 5.78 Å². The largest absolute Gasteiger partial charge is 0.497 e. The van der Waals surface area contributed by atoms with Gasteiger partial charge in [-0.05, 0) is 42.0 Å². The van der Waals surface area contributed by atoms with Crippen LogP contribution < -0.4 is 14.2 Å². The van der Waals surface area contributed by atoms with Crippen LogP contribution in [0.2, 0.25) is 0 Å². The number of methoxy groups -OCH3 is 2. The number of ether oxygens (including phenoxy) is 3. The molecule has 0 amide bonds. The summed E-state index contributed by atoms with van der Waals surface area (Å²) in [5.74, 6) is 0.190. The highest BCUT2D eigenvalue weighted by Gasteiger charge is 2.14. The summed E-state index contributed by atoms with van der Waals surface area (Å²) in [6.45, 7) is 0. The first-order chi connectivity index (χ1) is 15.4. The van der Waals surface area contributed by atoms with Gasteiger partial charge < -0.3 is 14.2 Å². The Hall–Kier alpha value is -4.46. The average Bonchev–Trinajstić information content (AvgIpc) is 2.82. The number of carbonyl (C=O) groups is 2. The molecule has 0 heterocycles. The smallest absolute Gasteiger partial charge is 0.343 e. The van der Waals surface area contributed by atoms with Crippen LogP contribution in [0.5, 0.6) is 17.2 Å². The number of ketones is 1.